The number of alkyl halides is 3. The summed E-state index contributed by atoms with van der Waals surface area (Å²) in [5.74, 6) is -2.43. The van der Waals surface area contributed by atoms with Gasteiger partial charge in [0.2, 0.25) is 0 Å². The summed E-state index contributed by atoms with van der Waals surface area (Å²) in [4.78, 5) is 24.0. The van der Waals surface area contributed by atoms with E-state index < -0.39 is 35.4 Å². The van der Waals surface area contributed by atoms with E-state index in [9.17, 15) is 22.8 Å². The Labute approximate surface area is 145 Å². The number of carboxylic acids is 1. The van der Waals surface area contributed by atoms with Gasteiger partial charge in [-0.15, -0.1) is 0 Å². The van der Waals surface area contributed by atoms with Crippen molar-refractivity contribution < 1.29 is 27.9 Å². The minimum Gasteiger partial charge on any atom is -0.480 e. The van der Waals surface area contributed by atoms with Gasteiger partial charge in [0.1, 0.15) is 6.04 Å². The van der Waals surface area contributed by atoms with Crippen molar-refractivity contribution in [3.05, 3.63) is 46.7 Å². The van der Waals surface area contributed by atoms with E-state index in [1.165, 1.54) is 31.2 Å². The van der Waals surface area contributed by atoms with Crippen LogP contribution in [0.3, 0.4) is 0 Å². The molecule has 0 aliphatic heterocycles. The number of benzene rings is 1. The molecule has 0 spiro atoms. The molecule has 1 amide bonds. The van der Waals surface area contributed by atoms with Gasteiger partial charge in [0.25, 0.3) is 5.91 Å². The highest BCUT2D eigenvalue weighted by atomic mass is 35.5. The topological polar surface area (TPSA) is 75.4 Å². The Kier molecular flexibility index (Phi) is 5.07. The lowest BCUT2D eigenvalue weighted by molar-refractivity contribution is -0.143. The monoisotopic (exact) mass is 375 g/mol. The molecule has 1 aromatic carbocycles. The van der Waals surface area contributed by atoms with Gasteiger partial charge in [-0.1, -0.05) is 11.6 Å². The number of likely N-dealkylation sites (N-methyl/N-ethyl adjacent to an activating group) is 1. The minimum absolute atomic E-state index is 0.0599. The summed E-state index contributed by atoms with van der Waals surface area (Å²) in [6, 6.07) is 4.12. The molecule has 1 N–H and O–H groups in total. The summed E-state index contributed by atoms with van der Waals surface area (Å²) in [6.07, 6.45) is -4.11. The molecule has 1 unspecified atom stereocenters. The van der Waals surface area contributed by atoms with Crippen LogP contribution in [0.1, 0.15) is 23.0 Å². The third-order valence-corrected chi connectivity index (χ3v) is 3.85. The molecule has 1 heterocycles. The van der Waals surface area contributed by atoms with Gasteiger partial charge in [0.15, 0.2) is 5.69 Å². The molecule has 10 heteroatoms. The largest absolute Gasteiger partial charge is 0.480 e. The van der Waals surface area contributed by atoms with Crippen molar-refractivity contribution in [3.63, 3.8) is 0 Å². The zero-order valence-corrected chi connectivity index (χ0v) is 13.8. The third kappa shape index (κ3) is 3.76. The number of aromatic nitrogens is 2. The van der Waals surface area contributed by atoms with Crippen molar-refractivity contribution in [1.29, 1.82) is 0 Å². The van der Waals surface area contributed by atoms with Crippen LogP contribution >= 0.6 is 11.6 Å². The number of carboxylic acid groups (broad SMARTS) is 1. The quantitative estimate of drug-likeness (QED) is 0.891. The molecule has 0 fully saturated rings. The van der Waals surface area contributed by atoms with Gasteiger partial charge < -0.3 is 10.0 Å². The van der Waals surface area contributed by atoms with Crippen LogP contribution in [0.15, 0.2) is 30.5 Å². The number of carbonyl (C=O) groups excluding carboxylic acids is 1. The molecule has 0 aliphatic carbocycles. The van der Waals surface area contributed by atoms with Crippen LogP contribution in [0.25, 0.3) is 5.69 Å². The number of aliphatic carboxylic acids is 1. The van der Waals surface area contributed by atoms with Gasteiger partial charge in [-0.2, -0.15) is 18.3 Å². The second-order valence-corrected chi connectivity index (χ2v) is 5.66. The molecule has 1 atom stereocenters. The van der Waals surface area contributed by atoms with E-state index in [2.05, 4.69) is 5.10 Å². The predicted molar refractivity (Wildman–Crippen MR) is 82.8 cm³/mol. The normalized spacial score (nSPS) is 12.7. The van der Waals surface area contributed by atoms with E-state index in [0.29, 0.717) is 14.6 Å². The number of hydrogen-bond donors (Lipinski definition) is 1. The van der Waals surface area contributed by atoms with Gasteiger partial charge in [-0.05, 0) is 31.2 Å². The molecule has 25 heavy (non-hydrogen) atoms. The first-order chi connectivity index (χ1) is 11.5. The van der Waals surface area contributed by atoms with E-state index in [-0.39, 0.29) is 5.69 Å². The van der Waals surface area contributed by atoms with Crippen molar-refractivity contribution in [2.75, 3.05) is 7.05 Å². The smallest absolute Gasteiger partial charge is 0.434 e. The molecule has 134 valence electrons. The SMILES string of the molecule is CC(C(=O)O)N(C)C(=O)c1cnn(-c2ccc(Cl)cc2)c1C(F)(F)F. The van der Waals surface area contributed by atoms with Crippen LogP contribution < -0.4 is 0 Å². The summed E-state index contributed by atoms with van der Waals surface area (Å²) in [5, 5.41) is 12.9. The number of halogens is 4. The van der Waals surface area contributed by atoms with Crippen LogP contribution in [0.5, 0.6) is 0 Å². The molecule has 0 bridgehead atoms. The third-order valence-electron chi connectivity index (χ3n) is 3.60. The first-order valence-corrected chi connectivity index (χ1v) is 7.33. The lowest BCUT2D eigenvalue weighted by atomic mass is 10.1. The maximum Gasteiger partial charge on any atom is 0.434 e. The first-order valence-electron chi connectivity index (χ1n) is 6.95. The van der Waals surface area contributed by atoms with E-state index in [4.69, 9.17) is 16.7 Å². The predicted octanol–water partition coefficient (Wildman–Crippen LogP) is 3.09. The second kappa shape index (κ2) is 6.75. The Bertz CT molecular complexity index is 803. The Hall–Kier alpha value is -2.55. The maximum atomic E-state index is 13.5. The summed E-state index contributed by atoms with van der Waals surface area (Å²) in [6.45, 7) is 1.19. The van der Waals surface area contributed by atoms with Crippen molar-refractivity contribution >= 4 is 23.5 Å². The Balaban J connectivity index is 2.55. The standard InChI is InChI=1S/C15H13ClF3N3O3/c1-8(14(24)25)21(2)13(23)11-7-20-22(12(11)15(17,18)19)10-5-3-9(16)4-6-10/h3-8H,1-2H3,(H,24,25). The molecule has 0 saturated carbocycles. The number of rotatable bonds is 4. The van der Waals surface area contributed by atoms with Crippen molar-refractivity contribution in [1.82, 2.24) is 14.7 Å². The number of amides is 1. The molecule has 1 aromatic heterocycles. The Morgan fingerprint density at radius 1 is 1.28 bits per heavy atom. The van der Waals surface area contributed by atoms with Gasteiger partial charge in [0, 0.05) is 12.1 Å². The van der Waals surface area contributed by atoms with Crippen LogP contribution in [0.2, 0.25) is 5.02 Å². The molecule has 2 aromatic rings. The molecular weight excluding hydrogens is 363 g/mol. The average molecular weight is 376 g/mol. The fraction of sp³-hybridized carbons (Fsp3) is 0.267. The summed E-state index contributed by atoms with van der Waals surface area (Å²) in [5.41, 5.74) is -1.97. The second-order valence-electron chi connectivity index (χ2n) is 5.22. The van der Waals surface area contributed by atoms with E-state index in [1.54, 1.807) is 0 Å². The molecule has 0 radical (unpaired) electrons. The van der Waals surface area contributed by atoms with Crippen LogP contribution in [0, 0.1) is 0 Å². The first kappa shape index (κ1) is 18.8. The summed E-state index contributed by atoms with van der Waals surface area (Å²) in [7, 11) is 1.11. The van der Waals surface area contributed by atoms with Gasteiger partial charge in [0.05, 0.1) is 17.4 Å². The van der Waals surface area contributed by atoms with Crippen LogP contribution in [-0.2, 0) is 11.0 Å². The highest BCUT2D eigenvalue weighted by Gasteiger charge is 2.41. The average Bonchev–Trinajstić information content (AvgIpc) is 2.98. The lowest BCUT2D eigenvalue weighted by Crippen LogP contribution is -2.40. The van der Waals surface area contributed by atoms with E-state index >= 15 is 0 Å². The fourth-order valence-electron chi connectivity index (χ4n) is 2.09. The Morgan fingerprint density at radius 2 is 1.84 bits per heavy atom. The molecule has 0 saturated heterocycles. The minimum atomic E-state index is -4.88. The Morgan fingerprint density at radius 3 is 2.32 bits per heavy atom. The summed E-state index contributed by atoms with van der Waals surface area (Å²) < 4.78 is 41.1. The molecule has 2 rings (SSSR count). The van der Waals surface area contributed by atoms with Crippen LogP contribution in [0.4, 0.5) is 13.2 Å². The van der Waals surface area contributed by atoms with Crippen molar-refractivity contribution in [2.45, 2.75) is 19.1 Å². The van der Waals surface area contributed by atoms with E-state index in [1.807, 2.05) is 0 Å². The summed E-state index contributed by atoms with van der Waals surface area (Å²) >= 11 is 5.72. The van der Waals surface area contributed by atoms with Crippen molar-refractivity contribution in [2.24, 2.45) is 0 Å². The lowest BCUT2D eigenvalue weighted by Gasteiger charge is -2.22. The molecule has 0 aliphatic rings. The number of nitrogens with zero attached hydrogens (tertiary/aromatic N) is 3. The number of hydrogen-bond acceptors (Lipinski definition) is 3. The van der Waals surface area contributed by atoms with Crippen molar-refractivity contribution in [3.8, 4) is 5.69 Å². The zero-order valence-electron chi connectivity index (χ0n) is 13.1. The number of carbonyl (C=O) groups is 2. The van der Waals surface area contributed by atoms with Gasteiger partial charge >= 0.3 is 12.1 Å². The molecular formula is C15H13ClF3N3O3. The molecule has 6 nitrogen and oxygen atoms in total. The van der Waals surface area contributed by atoms with E-state index in [0.717, 1.165) is 13.2 Å². The zero-order chi connectivity index (χ0) is 18.9. The highest BCUT2D eigenvalue weighted by molar-refractivity contribution is 6.30. The van der Waals surface area contributed by atoms with Gasteiger partial charge in [-0.25, -0.2) is 9.48 Å². The maximum absolute atomic E-state index is 13.5. The van der Waals surface area contributed by atoms with Crippen LogP contribution in [-0.4, -0.2) is 44.8 Å². The highest BCUT2D eigenvalue weighted by Crippen LogP contribution is 2.34. The van der Waals surface area contributed by atoms with Gasteiger partial charge in [-0.3, -0.25) is 4.79 Å². The fourth-order valence-corrected chi connectivity index (χ4v) is 2.21.